The van der Waals surface area contributed by atoms with Crippen LogP contribution in [-0.2, 0) is 5.60 Å². The van der Waals surface area contributed by atoms with Crippen molar-refractivity contribution in [2.45, 2.75) is 32.3 Å². The van der Waals surface area contributed by atoms with Crippen LogP contribution in [0.5, 0.6) is 17.5 Å². The van der Waals surface area contributed by atoms with Crippen molar-refractivity contribution in [3.8, 4) is 28.8 Å². The molecule has 0 atom stereocenters. The minimum absolute atomic E-state index is 0.110. The third kappa shape index (κ3) is 3.63. The van der Waals surface area contributed by atoms with Crippen LogP contribution in [-0.4, -0.2) is 35.1 Å². The lowest BCUT2D eigenvalue weighted by molar-refractivity contribution is 0.0581. The molecule has 10 heteroatoms. The lowest BCUT2D eigenvalue weighted by Crippen LogP contribution is -2.33. The highest BCUT2D eigenvalue weighted by Gasteiger charge is 2.41. The van der Waals surface area contributed by atoms with Gasteiger partial charge in [0.2, 0.25) is 11.8 Å². The highest BCUT2D eigenvalue weighted by atomic mass is 79.9. The molecule has 0 spiro atoms. The SMILES string of the molecule is CCC1(CC)Oc2cc(Br)ccc2-c2nc(NC(=O)c3c(OC)ncnc3OC)sc21. The highest BCUT2D eigenvalue weighted by Crippen LogP contribution is 2.51. The summed E-state index contributed by atoms with van der Waals surface area (Å²) in [6.07, 6.45) is 2.82. The average Bonchev–Trinajstić information content (AvgIpc) is 3.21. The van der Waals surface area contributed by atoms with Crippen molar-refractivity contribution in [3.05, 3.63) is 39.4 Å². The molecule has 1 aliphatic heterocycles. The number of aromatic nitrogens is 3. The fourth-order valence-corrected chi connectivity index (χ4v) is 5.21. The summed E-state index contributed by atoms with van der Waals surface area (Å²) in [5.74, 6) is 0.561. The van der Waals surface area contributed by atoms with Gasteiger partial charge < -0.3 is 14.2 Å². The Morgan fingerprint density at radius 1 is 1.19 bits per heavy atom. The zero-order valence-electron chi connectivity index (χ0n) is 17.5. The number of hydrogen-bond acceptors (Lipinski definition) is 8. The molecule has 0 radical (unpaired) electrons. The maximum absolute atomic E-state index is 13.1. The normalized spacial score (nSPS) is 13.6. The Balaban J connectivity index is 1.77. The quantitative estimate of drug-likeness (QED) is 0.502. The van der Waals surface area contributed by atoms with E-state index in [1.54, 1.807) is 0 Å². The summed E-state index contributed by atoms with van der Waals surface area (Å²) >= 11 is 4.92. The number of benzene rings is 1. The van der Waals surface area contributed by atoms with Gasteiger partial charge in [0.05, 0.1) is 24.8 Å². The van der Waals surface area contributed by atoms with Gasteiger partial charge in [-0.25, -0.2) is 15.0 Å². The molecule has 0 fully saturated rings. The molecule has 3 aromatic rings. The molecule has 8 nitrogen and oxygen atoms in total. The van der Waals surface area contributed by atoms with Gasteiger partial charge in [-0.05, 0) is 31.0 Å². The van der Waals surface area contributed by atoms with Crippen LogP contribution in [0.1, 0.15) is 41.9 Å². The van der Waals surface area contributed by atoms with Crippen LogP contribution in [0.25, 0.3) is 11.3 Å². The van der Waals surface area contributed by atoms with Gasteiger partial charge in [-0.3, -0.25) is 10.1 Å². The number of nitrogens with one attached hydrogen (secondary N) is 1. The molecule has 162 valence electrons. The molecule has 1 aromatic carbocycles. The number of carbonyl (C=O) groups excluding carboxylic acids is 1. The standard InChI is InChI=1S/C21H21BrN4O4S/c1-5-21(6-2)16-15(12-8-7-11(22)9-13(12)30-21)25-20(31-16)26-17(27)14-18(28-3)23-10-24-19(14)29-4/h7-10H,5-6H2,1-4H3,(H,25,26,27). The van der Waals surface area contributed by atoms with Crippen molar-refractivity contribution in [2.24, 2.45) is 0 Å². The summed E-state index contributed by atoms with van der Waals surface area (Å²) in [6.45, 7) is 4.18. The Morgan fingerprint density at radius 2 is 1.87 bits per heavy atom. The van der Waals surface area contributed by atoms with E-state index in [0.29, 0.717) is 5.13 Å². The Morgan fingerprint density at radius 3 is 2.48 bits per heavy atom. The predicted octanol–water partition coefficient (Wildman–Crippen LogP) is 5.04. The first kappa shape index (κ1) is 21.5. The van der Waals surface area contributed by atoms with Gasteiger partial charge in [-0.15, -0.1) is 0 Å². The first-order chi connectivity index (χ1) is 15.0. The summed E-state index contributed by atoms with van der Waals surface area (Å²) in [5, 5.41) is 3.31. The van der Waals surface area contributed by atoms with Gasteiger partial charge in [0.1, 0.15) is 17.7 Å². The fraction of sp³-hybridized carbons (Fsp3) is 0.333. The number of halogens is 1. The summed E-state index contributed by atoms with van der Waals surface area (Å²) in [6, 6.07) is 5.87. The van der Waals surface area contributed by atoms with Crippen LogP contribution in [0, 0.1) is 0 Å². The van der Waals surface area contributed by atoms with Gasteiger partial charge in [-0.2, -0.15) is 0 Å². The summed E-state index contributed by atoms with van der Waals surface area (Å²) in [7, 11) is 2.87. The lowest BCUT2D eigenvalue weighted by Gasteiger charge is -2.36. The molecule has 0 unspecified atom stereocenters. The Hall–Kier alpha value is -2.72. The molecule has 0 saturated heterocycles. The van der Waals surface area contributed by atoms with Gasteiger partial charge in [0.25, 0.3) is 5.91 Å². The Kier molecular flexibility index (Phi) is 5.85. The summed E-state index contributed by atoms with van der Waals surface area (Å²) in [5.41, 5.74) is 1.32. The monoisotopic (exact) mass is 504 g/mol. The number of methoxy groups -OCH3 is 2. The molecule has 2 aromatic heterocycles. The molecule has 1 amide bonds. The minimum atomic E-state index is -0.505. The van der Waals surface area contributed by atoms with Gasteiger partial charge >= 0.3 is 0 Å². The second-order valence-corrected chi connectivity index (χ2v) is 8.78. The molecule has 1 N–H and O–H groups in total. The minimum Gasteiger partial charge on any atom is -0.481 e. The van der Waals surface area contributed by atoms with E-state index < -0.39 is 11.5 Å². The molecule has 1 aliphatic rings. The van der Waals surface area contributed by atoms with E-state index >= 15 is 0 Å². The number of nitrogens with zero attached hydrogens (tertiary/aromatic N) is 3. The lowest BCUT2D eigenvalue weighted by atomic mass is 9.89. The summed E-state index contributed by atoms with van der Waals surface area (Å²) in [4.78, 5) is 26.8. The number of hydrogen-bond donors (Lipinski definition) is 1. The molecule has 0 aliphatic carbocycles. The molecule has 0 bridgehead atoms. The molecule has 4 rings (SSSR count). The van der Waals surface area contributed by atoms with Crippen molar-refractivity contribution in [1.82, 2.24) is 15.0 Å². The number of amides is 1. The number of rotatable bonds is 6. The largest absolute Gasteiger partial charge is 0.481 e. The van der Waals surface area contributed by atoms with Crippen molar-refractivity contribution in [2.75, 3.05) is 19.5 Å². The van der Waals surface area contributed by atoms with E-state index in [2.05, 4.69) is 45.1 Å². The van der Waals surface area contributed by atoms with E-state index in [0.717, 1.165) is 39.2 Å². The summed E-state index contributed by atoms with van der Waals surface area (Å²) < 4.78 is 17.8. The number of ether oxygens (including phenoxy) is 3. The number of anilines is 1. The number of thiazole rings is 1. The Labute approximate surface area is 192 Å². The van der Waals surface area contributed by atoms with E-state index in [1.807, 2.05) is 18.2 Å². The molecule has 0 saturated carbocycles. The molecular formula is C21H21BrN4O4S. The number of fused-ring (bicyclic) bond motifs is 3. The molecule has 31 heavy (non-hydrogen) atoms. The maximum atomic E-state index is 13.1. The van der Waals surface area contributed by atoms with Gasteiger partial charge in [0, 0.05) is 10.0 Å². The van der Waals surface area contributed by atoms with Crippen LogP contribution >= 0.6 is 27.3 Å². The maximum Gasteiger partial charge on any atom is 0.268 e. The number of carbonyl (C=O) groups is 1. The van der Waals surface area contributed by atoms with Gasteiger partial charge in [-0.1, -0.05) is 41.1 Å². The van der Waals surface area contributed by atoms with Crippen molar-refractivity contribution in [1.29, 1.82) is 0 Å². The first-order valence-electron chi connectivity index (χ1n) is 9.70. The van der Waals surface area contributed by atoms with Crippen LogP contribution in [0.2, 0.25) is 0 Å². The first-order valence-corrected chi connectivity index (χ1v) is 11.3. The van der Waals surface area contributed by atoms with E-state index in [-0.39, 0.29) is 17.3 Å². The highest BCUT2D eigenvalue weighted by molar-refractivity contribution is 9.10. The van der Waals surface area contributed by atoms with Crippen molar-refractivity contribution >= 4 is 38.3 Å². The third-order valence-corrected chi connectivity index (χ3v) is 6.95. The second-order valence-electron chi connectivity index (χ2n) is 6.86. The topological polar surface area (TPSA) is 95.5 Å². The average molecular weight is 505 g/mol. The van der Waals surface area contributed by atoms with Crippen molar-refractivity contribution in [3.63, 3.8) is 0 Å². The van der Waals surface area contributed by atoms with E-state index in [1.165, 1.54) is 31.9 Å². The fourth-order valence-electron chi connectivity index (χ4n) is 3.63. The third-order valence-electron chi connectivity index (χ3n) is 5.30. The van der Waals surface area contributed by atoms with Gasteiger partial charge in [0.15, 0.2) is 10.7 Å². The van der Waals surface area contributed by atoms with Crippen LogP contribution in [0.4, 0.5) is 5.13 Å². The predicted molar refractivity (Wildman–Crippen MR) is 121 cm³/mol. The zero-order chi connectivity index (χ0) is 22.2. The zero-order valence-corrected chi connectivity index (χ0v) is 19.9. The van der Waals surface area contributed by atoms with Crippen molar-refractivity contribution < 1.29 is 19.0 Å². The Bertz CT molecular complexity index is 1120. The van der Waals surface area contributed by atoms with E-state index in [4.69, 9.17) is 19.2 Å². The van der Waals surface area contributed by atoms with Crippen LogP contribution < -0.4 is 19.5 Å². The smallest absolute Gasteiger partial charge is 0.268 e. The molecular weight excluding hydrogens is 484 g/mol. The van der Waals surface area contributed by atoms with Crippen LogP contribution in [0.3, 0.4) is 0 Å². The second kappa shape index (κ2) is 8.43. The molecule has 3 heterocycles. The van der Waals surface area contributed by atoms with Crippen LogP contribution in [0.15, 0.2) is 29.0 Å². The van der Waals surface area contributed by atoms with E-state index in [9.17, 15) is 4.79 Å².